The van der Waals surface area contributed by atoms with Gasteiger partial charge < -0.3 is 34.4 Å². The van der Waals surface area contributed by atoms with E-state index in [1.165, 1.54) is 0 Å². The van der Waals surface area contributed by atoms with E-state index in [4.69, 9.17) is 38.6 Å². The summed E-state index contributed by atoms with van der Waals surface area (Å²) < 4.78 is 7.83. The maximum absolute atomic E-state index is 12.0. The molecule has 0 unspecified atom stereocenters. The van der Waals surface area contributed by atoms with Gasteiger partial charge in [0.2, 0.25) is 0 Å². The van der Waals surface area contributed by atoms with Crippen LogP contribution in [0.1, 0.15) is 15.9 Å². The molecule has 6 aromatic carbocycles. The topological polar surface area (TPSA) is 190 Å². The summed E-state index contributed by atoms with van der Waals surface area (Å²) in [5, 5.41) is 0. The van der Waals surface area contributed by atoms with Gasteiger partial charge >= 0.3 is 0 Å². The van der Waals surface area contributed by atoms with Gasteiger partial charge in [-0.15, -0.1) is 0 Å². The van der Waals surface area contributed by atoms with Crippen LogP contribution in [0.15, 0.2) is 146 Å². The Kier molecular flexibility index (Phi) is 12.8. The Hall–Kier alpha value is -6.19. The molecule has 46 heavy (non-hydrogen) atoms. The molecule has 6 rings (SSSR count). The van der Waals surface area contributed by atoms with Gasteiger partial charge in [-0.25, -0.2) is 0 Å². The van der Waals surface area contributed by atoms with Crippen LogP contribution in [-0.4, -0.2) is 9.99 Å². The zero-order valence-electron chi connectivity index (χ0n) is 25.0. The highest BCUT2D eigenvalue weighted by molar-refractivity contribution is 7.44. The summed E-state index contributed by atoms with van der Waals surface area (Å²) in [5.74, 6) is -0.0278. The van der Waals surface area contributed by atoms with E-state index in [9.17, 15) is 4.79 Å². The monoisotopic (exact) mass is 628 g/mol. The van der Waals surface area contributed by atoms with Gasteiger partial charge in [0.1, 0.15) is 0 Å². The summed E-state index contributed by atoms with van der Waals surface area (Å²) in [6.07, 6.45) is 0. The first kappa shape index (κ1) is 34.3. The molecule has 0 aromatic heterocycles. The number of anilines is 6. The van der Waals surface area contributed by atoms with Crippen LogP contribution in [0.2, 0.25) is 0 Å². The van der Waals surface area contributed by atoms with Crippen LogP contribution in [0, 0.1) is 0 Å². The smallest absolute Gasteiger partial charge is 0.197 e. The number of ketones is 1. The summed E-state index contributed by atoms with van der Waals surface area (Å²) >= 11 is 2.83. The highest BCUT2D eigenvalue weighted by Crippen LogP contribution is 2.22. The Labute approximate surface area is 274 Å². The van der Waals surface area contributed by atoms with Crippen molar-refractivity contribution in [2.24, 2.45) is 0 Å². The highest BCUT2D eigenvalue weighted by atomic mass is 32.1. The fraction of sp³-hybridized carbons (Fsp3) is 0. The van der Waals surface area contributed by atoms with Crippen LogP contribution in [0.25, 0.3) is 22.3 Å². The van der Waals surface area contributed by atoms with Crippen molar-refractivity contribution in [1.29, 1.82) is 0 Å². The summed E-state index contributed by atoms with van der Waals surface area (Å²) in [7, 11) is 0. The molecule has 0 aliphatic carbocycles. The zero-order chi connectivity index (χ0) is 33.5. The molecule has 0 bridgehead atoms. The van der Waals surface area contributed by atoms with Gasteiger partial charge in [-0.1, -0.05) is 48.5 Å². The predicted molar refractivity (Wildman–Crippen MR) is 195 cm³/mol. The highest BCUT2D eigenvalue weighted by Gasteiger charge is 2.08. The number of rotatable bonds is 4. The predicted octanol–water partition coefficient (Wildman–Crippen LogP) is 6.78. The van der Waals surface area contributed by atoms with Crippen molar-refractivity contribution in [3.05, 3.63) is 157 Å². The lowest BCUT2D eigenvalue weighted by Gasteiger charge is -2.02. The quantitative estimate of drug-likeness (QED) is 0.0902. The van der Waals surface area contributed by atoms with Gasteiger partial charge in [0.15, 0.2) is 18.3 Å². The number of hydrogen-bond donors (Lipinski definition) is 6. The number of nitrogen functional groups attached to an aromatic ring is 6. The van der Waals surface area contributed by atoms with Gasteiger partial charge in [-0.3, -0.25) is 4.79 Å². The second-order valence-electron chi connectivity index (χ2n) is 10.1. The van der Waals surface area contributed by atoms with Crippen LogP contribution in [0.5, 0.6) is 0 Å². The minimum Gasteiger partial charge on any atom is -0.399 e. The third-order valence-corrected chi connectivity index (χ3v) is 6.66. The van der Waals surface area contributed by atoms with E-state index >= 15 is 0 Å². The van der Waals surface area contributed by atoms with Gasteiger partial charge in [0, 0.05) is 45.3 Å². The molecule has 0 saturated carbocycles. The van der Waals surface area contributed by atoms with Gasteiger partial charge in [0.05, 0.1) is 0 Å². The molecule has 0 amide bonds. The van der Waals surface area contributed by atoms with Gasteiger partial charge in [0.25, 0.3) is 0 Å². The van der Waals surface area contributed by atoms with Crippen molar-refractivity contribution < 1.29 is 9.00 Å². The Morgan fingerprint density at radius 3 is 0.630 bits per heavy atom. The molecule has 0 spiro atoms. The molecule has 0 fully saturated rings. The summed E-state index contributed by atoms with van der Waals surface area (Å²) in [6.45, 7) is 0. The molecular weight excluding hydrogens is 593 g/mol. The minimum atomic E-state index is -0.0278. The van der Waals surface area contributed by atoms with E-state index in [1.54, 1.807) is 48.5 Å². The van der Waals surface area contributed by atoms with Crippen molar-refractivity contribution >= 4 is 52.4 Å². The summed E-state index contributed by atoms with van der Waals surface area (Å²) in [5.41, 5.74) is 43.8. The van der Waals surface area contributed by atoms with Gasteiger partial charge in [-0.2, -0.15) is 4.21 Å². The average molecular weight is 629 g/mol. The largest absolute Gasteiger partial charge is 0.399 e. The Morgan fingerprint density at radius 1 is 0.304 bits per heavy atom. The molecular formula is C37H36N6O2S. The number of nitrogens with two attached hydrogens (primary N) is 6. The molecule has 0 heterocycles. The maximum Gasteiger partial charge on any atom is 0.197 e. The molecule has 0 aliphatic heterocycles. The molecule has 0 atom stereocenters. The normalized spacial score (nSPS) is 9.65. The molecule has 232 valence electrons. The van der Waals surface area contributed by atoms with Crippen molar-refractivity contribution in [3.63, 3.8) is 0 Å². The molecule has 9 heteroatoms. The summed E-state index contributed by atoms with van der Waals surface area (Å²) in [4.78, 5) is 12.0. The maximum atomic E-state index is 12.0. The molecule has 0 aliphatic rings. The molecule has 6 aromatic rings. The van der Waals surface area contributed by atoms with E-state index in [1.807, 2.05) is 97.1 Å². The van der Waals surface area contributed by atoms with E-state index in [2.05, 4.69) is 12.5 Å². The van der Waals surface area contributed by atoms with Crippen LogP contribution in [-0.2, 0) is 12.5 Å². The zero-order valence-corrected chi connectivity index (χ0v) is 25.9. The Bertz CT molecular complexity index is 1570. The molecule has 8 nitrogen and oxygen atoms in total. The average Bonchev–Trinajstić information content (AvgIpc) is 3.08. The van der Waals surface area contributed by atoms with Crippen LogP contribution in [0.3, 0.4) is 0 Å². The third kappa shape index (κ3) is 10.5. The lowest BCUT2D eigenvalue weighted by molar-refractivity contribution is 0.103. The van der Waals surface area contributed by atoms with Gasteiger partial charge in [-0.05, 0) is 119 Å². The number of benzene rings is 6. The number of carbonyl (C=O) groups is 1. The Balaban J connectivity index is 0.000000183. The van der Waals surface area contributed by atoms with Crippen molar-refractivity contribution in [3.8, 4) is 22.3 Å². The second-order valence-corrected chi connectivity index (χ2v) is 10.1. The van der Waals surface area contributed by atoms with E-state index in [0.717, 1.165) is 45.0 Å². The molecule has 0 radical (unpaired) electrons. The van der Waals surface area contributed by atoms with Crippen molar-refractivity contribution in [2.75, 3.05) is 34.4 Å². The SMILES string of the molecule is Nc1ccc(-c2ccc(N)cc2)cc1.Nc1ccc(-c2ccc(N)cc2)cc1.Nc1ccc(C(=O)c2ccc(N)cc2)cc1.O=S. The standard InChI is InChI=1S/C13H12N2O.2C12H12N2.OS/c14-11-5-1-9(2-6-11)13(16)10-3-7-12(15)8-4-10;2*13-11-5-1-9(2-6-11)10-3-7-12(14)8-4-10;1-2/h1-8H,14-15H2;2*1-8H,13-14H2;. The lowest BCUT2D eigenvalue weighted by Crippen LogP contribution is -2.01. The number of hydrogen-bond acceptors (Lipinski definition) is 9. The lowest BCUT2D eigenvalue weighted by atomic mass is 10.0. The summed E-state index contributed by atoms with van der Waals surface area (Å²) in [6, 6.07) is 44.9. The van der Waals surface area contributed by atoms with Crippen molar-refractivity contribution in [1.82, 2.24) is 0 Å². The van der Waals surface area contributed by atoms with Crippen LogP contribution < -0.4 is 34.4 Å². The second kappa shape index (κ2) is 17.2. The molecule has 0 saturated heterocycles. The Morgan fingerprint density at radius 2 is 0.457 bits per heavy atom. The first-order chi connectivity index (χ1) is 22.2. The molecule has 12 N–H and O–H groups in total. The first-order valence-corrected chi connectivity index (χ1v) is 14.4. The van der Waals surface area contributed by atoms with E-state index in [0.29, 0.717) is 22.5 Å². The van der Waals surface area contributed by atoms with Crippen LogP contribution >= 0.6 is 0 Å². The minimum absolute atomic E-state index is 0.0278. The van der Waals surface area contributed by atoms with E-state index < -0.39 is 0 Å². The first-order valence-electron chi connectivity index (χ1n) is 14.0. The fourth-order valence-electron chi connectivity index (χ4n) is 4.14. The third-order valence-electron chi connectivity index (χ3n) is 6.66. The number of carbonyl (C=O) groups excluding carboxylic acids is 1. The van der Waals surface area contributed by atoms with Crippen molar-refractivity contribution in [2.45, 2.75) is 0 Å². The fourth-order valence-corrected chi connectivity index (χ4v) is 4.14. The van der Waals surface area contributed by atoms with E-state index in [-0.39, 0.29) is 5.78 Å². The van der Waals surface area contributed by atoms with Crippen LogP contribution in [0.4, 0.5) is 34.1 Å².